The Bertz CT molecular complexity index is 688. The van der Waals surface area contributed by atoms with Crippen LogP contribution in [0.2, 0.25) is 0 Å². The number of fused-ring (bicyclic) bond motifs is 1. The minimum absolute atomic E-state index is 0.0145. The Labute approximate surface area is 126 Å². The van der Waals surface area contributed by atoms with Crippen molar-refractivity contribution in [3.8, 4) is 0 Å². The predicted molar refractivity (Wildman–Crippen MR) is 87.0 cm³/mol. The molecule has 1 aliphatic rings. The van der Waals surface area contributed by atoms with Crippen LogP contribution in [0.1, 0.15) is 45.5 Å². The molecule has 3 rings (SSSR count). The minimum atomic E-state index is 0.0145. The first kappa shape index (κ1) is 13.9. The van der Waals surface area contributed by atoms with E-state index in [2.05, 4.69) is 24.4 Å². The number of anilines is 1. The molecule has 0 heterocycles. The van der Waals surface area contributed by atoms with E-state index in [1.54, 1.807) is 0 Å². The molecule has 0 saturated heterocycles. The van der Waals surface area contributed by atoms with Gasteiger partial charge in [0.15, 0.2) is 0 Å². The SMILES string of the molecule is Cc1ccc(NC(=O)c2cccc3c2CCCC3)c(C)c1. The van der Waals surface area contributed by atoms with E-state index >= 15 is 0 Å². The molecule has 1 amide bonds. The zero-order valence-electron chi connectivity index (χ0n) is 12.7. The second-order valence-corrected chi connectivity index (χ2v) is 5.92. The number of amides is 1. The minimum Gasteiger partial charge on any atom is -0.322 e. The summed E-state index contributed by atoms with van der Waals surface area (Å²) in [5.41, 5.74) is 6.64. The third kappa shape index (κ3) is 2.85. The van der Waals surface area contributed by atoms with Crippen LogP contribution in [0.5, 0.6) is 0 Å². The molecular formula is C19H21NO. The predicted octanol–water partition coefficient (Wildman–Crippen LogP) is 4.43. The summed E-state index contributed by atoms with van der Waals surface area (Å²) >= 11 is 0. The van der Waals surface area contributed by atoms with Crippen LogP contribution in [-0.4, -0.2) is 5.91 Å². The summed E-state index contributed by atoms with van der Waals surface area (Å²) in [6.45, 7) is 4.09. The lowest BCUT2D eigenvalue weighted by atomic mass is 9.88. The molecule has 0 aromatic heterocycles. The van der Waals surface area contributed by atoms with E-state index in [4.69, 9.17) is 0 Å². The highest BCUT2D eigenvalue weighted by molar-refractivity contribution is 6.05. The molecule has 0 fully saturated rings. The van der Waals surface area contributed by atoms with Crippen molar-refractivity contribution in [1.82, 2.24) is 0 Å². The number of benzene rings is 2. The highest BCUT2D eigenvalue weighted by Gasteiger charge is 2.17. The van der Waals surface area contributed by atoms with Crippen molar-refractivity contribution < 1.29 is 4.79 Å². The Hall–Kier alpha value is -2.09. The van der Waals surface area contributed by atoms with Gasteiger partial charge in [0, 0.05) is 11.3 Å². The molecule has 0 unspecified atom stereocenters. The topological polar surface area (TPSA) is 29.1 Å². The molecule has 2 nitrogen and oxygen atoms in total. The van der Waals surface area contributed by atoms with Crippen LogP contribution in [0.4, 0.5) is 5.69 Å². The van der Waals surface area contributed by atoms with E-state index < -0.39 is 0 Å². The maximum Gasteiger partial charge on any atom is 0.255 e. The lowest BCUT2D eigenvalue weighted by molar-refractivity contribution is 0.102. The Morgan fingerprint density at radius 2 is 1.86 bits per heavy atom. The van der Waals surface area contributed by atoms with Crippen molar-refractivity contribution in [3.05, 3.63) is 64.2 Å². The number of nitrogens with one attached hydrogen (secondary N) is 1. The van der Waals surface area contributed by atoms with Gasteiger partial charge >= 0.3 is 0 Å². The molecule has 21 heavy (non-hydrogen) atoms. The zero-order chi connectivity index (χ0) is 14.8. The van der Waals surface area contributed by atoms with Crippen LogP contribution in [0.3, 0.4) is 0 Å². The lowest BCUT2D eigenvalue weighted by Gasteiger charge is -2.19. The summed E-state index contributed by atoms with van der Waals surface area (Å²) in [5, 5.41) is 3.06. The molecule has 2 aromatic carbocycles. The fourth-order valence-electron chi connectivity index (χ4n) is 3.14. The van der Waals surface area contributed by atoms with Gasteiger partial charge in [-0.1, -0.05) is 29.8 Å². The first-order valence-electron chi connectivity index (χ1n) is 7.64. The third-order valence-corrected chi connectivity index (χ3v) is 4.27. The molecule has 108 valence electrons. The summed E-state index contributed by atoms with van der Waals surface area (Å²) in [7, 11) is 0. The van der Waals surface area contributed by atoms with Gasteiger partial charge < -0.3 is 5.32 Å². The first-order chi connectivity index (χ1) is 10.1. The maximum atomic E-state index is 12.6. The lowest BCUT2D eigenvalue weighted by Crippen LogP contribution is -2.17. The molecule has 0 atom stereocenters. The standard InChI is InChI=1S/C19H21NO/c1-13-10-11-18(14(2)12-13)20-19(21)17-9-5-7-15-6-3-4-8-16(15)17/h5,7,9-12H,3-4,6,8H2,1-2H3,(H,20,21). The second kappa shape index (κ2) is 5.72. The van der Waals surface area contributed by atoms with E-state index in [9.17, 15) is 4.79 Å². The number of hydrogen-bond acceptors (Lipinski definition) is 1. The smallest absolute Gasteiger partial charge is 0.255 e. The molecule has 2 heteroatoms. The van der Waals surface area contributed by atoms with E-state index in [0.717, 1.165) is 29.7 Å². The van der Waals surface area contributed by atoms with Gasteiger partial charge in [-0.25, -0.2) is 0 Å². The van der Waals surface area contributed by atoms with Gasteiger partial charge in [0.05, 0.1) is 0 Å². The van der Waals surface area contributed by atoms with Gasteiger partial charge in [-0.3, -0.25) is 4.79 Å². The highest BCUT2D eigenvalue weighted by atomic mass is 16.1. The van der Waals surface area contributed by atoms with E-state index in [0.29, 0.717) is 0 Å². The molecular weight excluding hydrogens is 258 g/mol. The van der Waals surface area contributed by atoms with Crippen LogP contribution in [0.25, 0.3) is 0 Å². The first-order valence-corrected chi connectivity index (χ1v) is 7.64. The fourth-order valence-corrected chi connectivity index (χ4v) is 3.14. The Morgan fingerprint density at radius 1 is 1.05 bits per heavy atom. The van der Waals surface area contributed by atoms with Crippen LogP contribution in [-0.2, 0) is 12.8 Å². The number of hydrogen-bond donors (Lipinski definition) is 1. The van der Waals surface area contributed by atoms with Crippen LogP contribution >= 0.6 is 0 Å². The summed E-state index contributed by atoms with van der Waals surface area (Å²) in [6, 6.07) is 12.2. The third-order valence-electron chi connectivity index (χ3n) is 4.27. The molecule has 0 aliphatic heterocycles. The van der Waals surface area contributed by atoms with Crippen molar-refractivity contribution in [2.75, 3.05) is 5.32 Å². The van der Waals surface area contributed by atoms with Gasteiger partial charge in [-0.05, 0) is 68.4 Å². The zero-order valence-corrected chi connectivity index (χ0v) is 12.7. The Balaban J connectivity index is 1.89. The van der Waals surface area contributed by atoms with Crippen molar-refractivity contribution in [2.45, 2.75) is 39.5 Å². The van der Waals surface area contributed by atoms with Gasteiger partial charge in [0.1, 0.15) is 0 Å². The number of rotatable bonds is 2. The average Bonchev–Trinajstić information content (AvgIpc) is 2.49. The number of carbonyl (C=O) groups is 1. The second-order valence-electron chi connectivity index (χ2n) is 5.92. The number of aryl methyl sites for hydroxylation is 3. The van der Waals surface area contributed by atoms with Gasteiger partial charge in [0.2, 0.25) is 0 Å². The molecule has 0 saturated carbocycles. The van der Waals surface area contributed by atoms with Gasteiger partial charge in [-0.2, -0.15) is 0 Å². The fraction of sp³-hybridized carbons (Fsp3) is 0.316. The van der Waals surface area contributed by atoms with Crippen molar-refractivity contribution in [3.63, 3.8) is 0 Å². The summed E-state index contributed by atoms with van der Waals surface area (Å²) in [4.78, 5) is 12.6. The average molecular weight is 279 g/mol. The van der Waals surface area contributed by atoms with Gasteiger partial charge in [-0.15, -0.1) is 0 Å². The molecule has 1 aliphatic carbocycles. The normalized spacial score (nSPS) is 13.6. The van der Waals surface area contributed by atoms with E-state index in [1.165, 1.54) is 29.5 Å². The van der Waals surface area contributed by atoms with Crippen LogP contribution in [0, 0.1) is 13.8 Å². The van der Waals surface area contributed by atoms with Crippen LogP contribution in [0.15, 0.2) is 36.4 Å². The summed E-state index contributed by atoms with van der Waals surface area (Å²) in [6.07, 6.45) is 4.53. The van der Waals surface area contributed by atoms with Crippen molar-refractivity contribution >= 4 is 11.6 Å². The Morgan fingerprint density at radius 3 is 2.67 bits per heavy atom. The highest BCUT2D eigenvalue weighted by Crippen LogP contribution is 2.25. The number of carbonyl (C=O) groups excluding carboxylic acids is 1. The largest absolute Gasteiger partial charge is 0.322 e. The molecule has 0 spiro atoms. The van der Waals surface area contributed by atoms with Crippen molar-refractivity contribution in [1.29, 1.82) is 0 Å². The van der Waals surface area contributed by atoms with Crippen LogP contribution < -0.4 is 5.32 Å². The molecule has 2 aromatic rings. The monoisotopic (exact) mass is 279 g/mol. The van der Waals surface area contributed by atoms with Crippen molar-refractivity contribution in [2.24, 2.45) is 0 Å². The van der Waals surface area contributed by atoms with Gasteiger partial charge in [0.25, 0.3) is 5.91 Å². The molecule has 0 radical (unpaired) electrons. The quantitative estimate of drug-likeness (QED) is 0.865. The van der Waals surface area contributed by atoms with E-state index in [1.807, 2.05) is 31.2 Å². The summed E-state index contributed by atoms with van der Waals surface area (Å²) < 4.78 is 0. The Kier molecular flexibility index (Phi) is 3.78. The molecule has 0 bridgehead atoms. The van der Waals surface area contributed by atoms with E-state index in [-0.39, 0.29) is 5.91 Å². The summed E-state index contributed by atoms with van der Waals surface area (Å²) in [5.74, 6) is 0.0145. The molecule has 1 N–H and O–H groups in total. The maximum absolute atomic E-state index is 12.6.